The van der Waals surface area contributed by atoms with Gasteiger partial charge in [0.1, 0.15) is 0 Å². The zero-order valence-corrected chi connectivity index (χ0v) is 12.8. The maximum Gasteiger partial charge on any atom is 0.0834 e. The van der Waals surface area contributed by atoms with Crippen molar-refractivity contribution >= 4 is 11.6 Å². The molecule has 4 nitrogen and oxygen atoms in total. The van der Waals surface area contributed by atoms with Crippen LogP contribution in [0.15, 0.2) is 30.7 Å². The number of aromatic nitrogens is 3. The highest BCUT2D eigenvalue weighted by atomic mass is 35.5. The molecule has 0 aromatic carbocycles. The summed E-state index contributed by atoms with van der Waals surface area (Å²) in [5, 5.41) is 8.45. The molecule has 2 heterocycles. The van der Waals surface area contributed by atoms with E-state index < -0.39 is 0 Å². The Balaban J connectivity index is 2.10. The number of rotatable bonds is 7. The van der Waals surface area contributed by atoms with Gasteiger partial charge in [0.05, 0.1) is 23.0 Å². The second-order valence-corrected chi connectivity index (χ2v) is 5.25. The molecular formula is C15H21ClN4. The van der Waals surface area contributed by atoms with Crippen LogP contribution in [0.1, 0.15) is 37.1 Å². The van der Waals surface area contributed by atoms with Crippen LogP contribution < -0.4 is 5.32 Å². The molecule has 0 aliphatic rings. The van der Waals surface area contributed by atoms with Crippen LogP contribution in [0.5, 0.6) is 0 Å². The smallest absolute Gasteiger partial charge is 0.0834 e. The molecule has 1 N–H and O–H groups in total. The lowest BCUT2D eigenvalue weighted by Gasteiger charge is -2.18. The molecule has 5 heteroatoms. The fraction of sp³-hybridized carbons (Fsp3) is 0.467. The molecule has 2 aromatic heterocycles. The van der Waals surface area contributed by atoms with Gasteiger partial charge in [0.15, 0.2) is 0 Å². The molecule has 0 amide bonds. The fourth-order valence-electron chi connectivity index (χ4n) is 2.38. The van der Waals surface area contributed by atoms with E-state index in [1.165, 1.54) is 5.56 Å². The Morgan fingerprint density at radius 2 is 2.25 bits per heavy atom. The highest BCUT2D eigenvalue weighted by Gasteiger charge is 2.18. The lowest BCUT2D eigenvalue weighted by atomic mass is 10.0. The standard InChI is InChI=1S/C15H21ClN4/c1-3-9-20-15(13(16)11-19-20)14(17-2)7-6-12-5-4-8-18-10-12/h4-5,8,10-11,14,17H,3,6-7,9H2,1-2H3. The Morgan fingerprint density at radius 1 is 1.40 bits per heavy atom. The van der Waals surface area contributed by atoms with E-state index in [2.05, 4.69) is 28.4 Å². The molecule has 0 fully saturated rings. The summed E-state index contributed by atoms with van der Waals surface area (Å²) in [6, 6.07) is 4.28. The summed E-state index contributed by atoms with van der Waals surface area (Å²) in [4.78, 5) is 4.15. The maximum absolute atomic E-state index is 6.30. The summed E-state index contributed by atoms with van der Waals surface area (Å²) in [6.45, 7) is 3.04. The Morgan fingerprint density at radius 3 is 2.90 bits per heavy atom. The summed E-state index contributed by atoms with van der Waals surface area (Å²) in [7, 11) is 1.97. The van der Waals surface area contributed by atoms with E-state index in [1.807, 2.05) is 24.0 Å². The number of hydrogen-bond donors (Lipinski definition) is 1. The van der Waals surface area contributed by atoms with Crippen LogP contribution in [-0.4, -0.2) is 21.8 Å². The van der Waals surface area contributed by atoms with Gasteiger partial charge in [0.25, 0.3) is 0 Å². The zero-order valence-electron chi connectivity index (χ0n) is 12.0. The van der Waals surface area contributed by atoms with Crippen molar-refractivity contribution in [3.63, 3.8) is 0 Å². The van der Waals surface area contributed by atoms with Crippen LogP contribution in [0.4, 0.5) is 0 Å². The first-order chi connectivity index (χ1) is 9.76. The van der Waals surface area contributed by atoms with Crippen LogP contribution in [0.2, 0.25) is 5.02 Å². The SMILES string of the molecule is CCCn1ncc(Cl)c1C(CCc1cccnc1)NC. The van der Waals surface area contributed by atoms with Crippen molar-refractivity contribution in [3.05, 3.63) is 47.0 Å². The maximum atomic E-state index is 6.30. The molecule has 0 bridgehead atoms. The largest absolute Gasteiger partial charge is 0.312 e. The zero-order chi connectivity index (χ0) is 14.4. The van der Waals surface area contributed by atoms with Crippen molar-refractivity contribution in [2.24, 2.45) is 0 Å². The van der Waals surface area contributed by atoms with Crippen molar-refractivity contribution in [2.45, 2.75) is 38.8 Å². The minimum absolute atomic E-state index is 0.205. The first-order valence-electron chi connectivity index (χ1n) is 7.03. The van der Waals surface area contributed by atoms with Gasteiger partial charge in [-0.1, -0.05) is 24.6 Å². The van der Waals surface area contributed by atoms with Gasteiger partial charge in [0.2, 0.25) is 0 Å². The van der Waals surface area contributed by atoms with Gasteiger partial charge < -0.3 is 5.32 Å². The van der Waals surface area contributed by atoms with E-state index in [0.717, 1.165) is 36.5 Å². The molecule has 0 aliphatic heterocycles. The van der Waals surface area contributed by atoms with E-state index in [4.69, 9.17) is 11.6 Å². The first kappa shape index (κ1) is 15.0. The van der Waals surface area contributed by atoms with E-state index >= 15 is 0 Å². The van der Waals surface area contributed by atoms with E-state index in [-0.39, 0.29) is 6.04 Å². The summed E-state index contributed by atoms with van der Waals surface area (Å²) in [5.74, 6) is 0. The number of aryl methyl sites for hydroxylation is 2. The fourth-order valence-corrected chi connectivity index (χ4v) is 2.66. The van der Waals surface area contributed by atoms with E-state index in [9.17, 15) is 0 Å². The molecule has 108 valence electrons. The second-order valence-electron chi connectivity index (χ2n) is 4.84. The van der Waals surface area contributed by atoms with Gasteiger partial charge in [-0.05, 0) is 37.9 Å². The minimum atomic E-state index is 0.205. The predicted molar refractivity (Wildman–Crippen MR) is 81.9 cm³/mol. The monoisotopic (exact) mass is 292 g/mol. The molecule has 0 aliphatic carbocycles. The number of nitrogens with one attached hydrogen (secondary N) is 1. The van der Waals surface area contributed by atoms with Gasteiger partial charge >= 0.3 is 0 Å². The van der Waals surface area contributed by atoms with Crippen molar-refractivity contribution in [2.75, 3.05) is 7.05 Å². The average Bonchev–Trinajstić information content (AvgIpc) is 2.83. The lowest BCUT2D eigenvalue weighted by Crippen LogP contribution is -2.21. The van der Waals surface area contributed by atoms with E-state index in [0.29, 0.717) is 0 Å². The molecule has 0 saturated heterocycles. The predicted octanol–water partition coefficient (Wildman–Crippen LogP) is 3.23. The third-order valence-electron chi connectivity index (χ3n) is 3.39. The topological polar surface area (TPSA) is 42.7 Å². The number of hydrogen-bond acceptors (Lipinski definition) is 3. The van der Waals surface area contributed by atoms with Gasteiger partial charge in [-0.3, -0.25) is 9.67 Å². The van der Waals surface area contributed by atoms with Crippen LogP contribution in [-0.2, 0) is 13.0 Å². The Kier molecular flexibility index (Phi) is 5.56. The number of pyridine rings is 1. The Labute approximate surface area is 125 Å². The number of halogens is 1. The normalized spacial score (nSPS) is 12.6. The van der Waals surface area contributed by atoms with Crippen LogP contribution >= 0.6 is 11.6 Å². The Bertz CT molecular complexity index is 524. The third kappa shape index (κ3) is 3.58. The molecule has 20 heavy (non-hydrogen) atoms. The summed E-state index contributed by atoms with van der Waals surface area (Å²) >= 11 is 6.30. The van der Waals surface area contributed by atoms with Crippen LogP contribution in [0.3, 0.4) is 0 Å². The summed E-state index contributed by atoms with van der Waals surface area (Å²) < 4.78 is 2.01. The third-order valence-corrected chi connectivity index (χ3v) is 3.68. The van der Waals surface area contributed by atoms with Crippen molar-refractivity contribution in [3.8, 4) is 0 Å². The summed E-state index contributed by atoms with van der Waals surface area (Å²) in [6.07, 6.45) is 8.43. The lowest BCUT2D eigenvalue weighted by molar-refractivity contribution is 0.476. The Hall–Kier alpha value is -1.39. The van der Waals surface area contributed by atoms with Crippen LogP contribution in [0, 0.1) is 0 Å². The van der Waals surface area contributed by atoms with Gasteiger partial charge in [-0.2, -0.15) is 5.10 Å². The quantitative estimate of drug-likeness (QED) is 0.852. The molecule has 1 atom stereocenters. The molecule has 0 saturated carbocycles. The van der Waals surface area contributed by atoms with Crippen molar-refractivity contribution < 1.29 is 0 Å². The number of nitrogens with zero attached hydrogens (tertiary/aromatic N) is 3. The van der Waals surface area contributed by atoms with Gasteiger partial charge in [-0.15, -0.1) is 0 Å². The highest BCUT2D eigenvalue weighted by molar-refractivity contribution is 6.31. The molecule has 0 radical (unpaired) electrons. The molecular weight excluding hydrogens is 272 g/mol. The van der Waals surface area contributed by atoms with Crippen molar-refractivity contribution in [1.82, 2.24) is 20.1 Å². The molecule has 1 unspecified atom stereocenters. The second kappa shape index (κ2) is 7.41. The van der Waals surface area contributed by atoms with Crippen molar-refractivity contribution in [1.29, 1.82) is 0 Å². The minimum Gasteiger partial charge on any atom is -0.312 e. The van der Waals surface area contributed by atoms with E-state index in [1.54, 1.807) is 12.4 Å². The van der Waals surface area contributed by atoms with Crippen LogP contribution in [0.25, 0.3) is 0 Å². The van der Waals surface area contributed by atoms with Gasteiger partial charge in [0, 0.05) is 18.9 Å². The van der Waals surface area contributed by atoms with Gasteiger partial charge in [-0.25, -0.2) is 0 Å². The highest BCUT2D eigenvalue weighted by Crippen LogP contribution is 2.26. The average molecular weight is 293 g/mol. The molecule has 0 spiro atoms. The first-order valence-corrected chi connectivity index (χ1v) is 7.41. The molecule has 2 rings (SSSR count). The summed E-state index contributed by atoms with van der Waals surface area (Å²) in [5.41, 5.74) is 2.32. The molecule has 2 aromatic rings.